The highest BCUT2D eigenvalue weighted by Crippen LogP contribution is 2.50. The van der Waals surface area contributed by atoms with Crippen molar-refractivity contribution in [2.45, 2.75) is 19.3 Å². The standard InChI is InChI=1S/C52H34N4S/c1-52(2)41-22-12-9-19-34(41)35-26-25-32(29-42(35)52)50-53-49(31-15-5-3-6-16-31)54-51(55-50)40-30-44-46(39-21-10-13-23-43(39)56(44)33-17-7-4-8-18-33)47-37(40)27-28-38-36-20-11-14-24-45(36)57-48(38)47/h3-30H,1-2H3. The highest BCUT2D eigenvalue weighted by atomic mass is 32.1. The smallest absolute Gasteiger partial charge is 0.164 e. The van der Waals surface area contributed by atoms with Gasteiger partial charge in [0.05, 0.1) is 11.0 Å². The third kappa shape index (κ3) is 4.70. The molecule has 0 saturated heterocycles. The number of aromatic nitrogens is 4. The van der Waals surface area contributed by atoms with Gasteiger partial charge in [-0.2, -0.15) is 0 Å². The zero-order valence-corrected chi connectivity index (χ0v) is 32.2. The Bertz CT molecular complexity index is 3430. The van der Waals surface area contributed by atoms with Crippen LogP contribution in [-0.4, -0.2) is 19.5 Å². The number of hydrogen-bond acceptors (Lipinski definition) is 4. The summed E-state index contributed by atoms with van der Waals surface area (Å²) >= 11 is 1.87. The first-order valence-corrected chi connectivity index (χ1v) is 20.3. The van der Waals surface area contributed by atoms with Gasteiger partial charge in [0.25, 0.3) is 0 Å². The lowest BCUT2D eigenvalue weighted by atomic mass is 9.82. The Balaban J connectivity index is 1.20. The van der Waals surface area contributed by atoms with Gasteiger partial charge in [-0.05, 0) is 64.0 Å². The fraction of sp³-hybridized carbons (Fsp3) is 0.0577. The molecule has 0 radical (unpaired) electrons. The number of fused-ring (bicyclic) bond motifs is 12. The van der Waals surface area contributed by atoms with Gasteiger partial charge in [0, 0.05) is 64.1 Å². The monoisotopic (exact) mass is 746 g/mol. The van der Waals surface area contributed by atoms with Crippen LogP contribution >= 0.6 is 11.3 Å². The van der Waals surface area contributed by atoms with Crippen LogP contribution in [0.2, 0.25) is 0 Å². The molecule has 1 aliphatic carbocycles. The van der Waals surface area contributed by atoms with Gasteiger partial charge in [0.1, 0.15) is 0 Å². The molecule has 5 heteroatoms. The molecule has 0 aliphatic heterocycles. The van der Waals surface area contributed by atoms with Crippen LogP contribution in [0.25, 0.3) is 104 Å². The topological polar surface area (TPSA) is 43.6 Å². The molecule has 0 spiro atoms. The summed E-state index contributed by atoms with van der Waals surface area (Å²) in [5.41, 5.74) is 11.4. The minimum absolute atomic E-state index is 0.151. The fourth-order valence-electron chi connectivity index (χ4n) is 9.36. The van der Waals surface area contributed by atoms with Crippen LogP contribution in [0, 0.1) is 0 Å². The van der Waals surface area contributed by atoms with Crippen molar-refractivity contribution in [3.63, 3.8) is 0 Å². The predicted molar refractivity (Wildman–Crippen MR) is 238 cm³/mol. The van der Waals surface area contributed by atoms with E-state index in [1.807, 2.05) is 29.5 Å². The summed E-state index contributed by atoms with van der Waals surface area (Å²) in [6.07, 6.45) is 0. The maximum atomic E-state index is 5.43. The highest BCUT2D eigenvalue weighted by Gasteiger charge is 2.35. The SMILES string of the molecule is CC1(C)c2ccccc2-c2ccc(-c3nc(-c4ccccc4)nc(-c4cc5c(c6ccccc6n5-c5ccccc5)c5c4ccc4c6ccccc6sc45)n3)cc21. The first-order chi connectivity index (χ1) is 28.0. The summed E-state index contributed by atoms with van der Waals surface area (Å²) < 4.78 is 4.95. The molecule has 3 heterocycles. The van der Waals surface area contributed by atoms with Gasteiger partial charge in [-0.25, -0.2) is 15.0 Å². The number of rotatable bonds is 4. The normalized spacial score (nSPS) is 13.2. The van der Waals surface area contributed by atoms with Crippen molar-refractivity contribution in [3.05, 3.63) is 181 Å². The predicted octanol–water partition coefficient (Wildman–Crippen LogP) is 13.8. The highest BCUT2D eigenvalue weighted by molar-refractivity contribution is 7.26. The van der Waals surface area contributed by atoms with E-state index in [1.165, 1.54) is 64.1 Å². The van der Waals surface area contributed by atoms with E-state index in [2.05, 4.69) is 170 Å². The van der Waals surface area contributed by atoms with Crippen molar-refractivity contribution in [3.8, 4) is 51.0 Å². The summed E-state index contributed by atoms with van der Waals surface area (Å²) in [5.74, 6) is 1.96. The first kappa shape index (κ1) is 32.3. The van der Waals surface area contributed by atoms with Gasteiger partial charge >= 0.3 is 0 Å². The lowest BCUT2D eigenvalue weighted by Crippen LogP contribution is -2.15. The lowest BCUT2D eigenvalue weighted by molar-refractivity contribution is 0.660. The van der Waals surface area contributed by atoms with Gasteiger partial charge in [0.15, 0.2) is 17.5 Å². The summed E-state index contributed by atoms with van der Waals surface area (Å²) in [7, 11) is 0. The Hall–Kier alpha value is -6.95. The van der Waals surface area contributed by atoms with Crippen LogP contribution in [0.5, 0.6) is 0 Å². The molecule has 4 nitrogen and oxygen atoms in total. The second-order valence-electron chi connectivity index (χ2n) is 15.6. The molecular weight excluding hydrogens is 713 g/mol. The van der Waals surface area contributed by atoms with E-state index in [0.717, 1.165) is 33.3 Å². The van der Waals surface area contributed by atoms with Gasteiger partial charge in [0.2, 0.25) is 0 Å². The van der Waals surface area contributed by atoms with Crippen LogP contribution in [0.3, 0.4) is 0 Å². The average molecular weight is 747 g/mol. The molecule has 0 bridgehead atoms. The quantitative estimate of drug-likeness (QED) is 0.180. The Kier molecular flexibility index (Phi) is 6.82. The minimum atomic E-state index is -0.151. The second-order valence-corrected chi connectivity index (χ2v) is 16.6. The molecular formula is C52H34N4S. The van der Waals surface area contributed by atoms with Crippen LogP contribution < -0.4 is 0 Å². The van der Waals surface area contributed by atoms with E-state index in [1.54, 1.807) is 0 Å². The summed E-state index contributed by atoms with van der Waals surface area (Å²) in [4.78, 5) is 16.0. The molecule has 8 aromatic carbocycles. The van der Waals surface area contributed by atoms with Crippen molar-refractivity contribution in [2.24, 2.45) is 0 Å². The van der Waals surface area contributed by atoms with E-state index in [-0.39, 0.29) is 5.41 Å². The van der Waals surface area contributed by atoms with Gasteiger partial charge < -0.3 is 4.57 Å². The molecule has 11 aromatic rings. The van der Waals surface area contributed by atoms with E-state index < -0.39 is 0 Å². The minimum Gasteiger partial charge on any atom is -0.309 e. The third-order valence-corrected chi connectivity index (χ3v) is 13.2. The largest absolute Gasteiger partial charge is 0.309 e. The summed E-state index contributed by atoms with van der Waals surface area (Å²) in [6.45, 7) is 4.63. The van der Waals surface area contributed by atoms with Crippen molar-refractivity contribution >= 4 is 64.1 Å². The van der Waals surface area contributed by atoms with Crippen molar-refractivity contribution in [1.29, 1.82) is 0 Å². The number of thiophene rings is 1. The Labute approximate surface area is 333 Å². The second kappa shape index (κ2) is 12.0. The van der Waals surface area contributed by atoms with Crippen molar-refractivity contribution in [2.75, 3.05) is 0 Å². The molecule has 0 N–H and O–H groups in total. The van der Waals surface area contributed by atoms with Crippen molar-refractivity contribution < 1.29 is 0 Å². The number of hydrogen-bond donors (Lipinski definition) is 0. The molecule has 268 valence electrons. The zero-order chi connectivity index (χ0) is 37.8. The maximum absolute atomic E-state index is 5.43. The Morgan fingerprint density at radius 2 is 1.09 bits per heavy atom. The average Bonchev–Trinajstić information content (AvgIpc) is 3.89. The van der Waals surface area contributed by atoms with Crippen LogP contribution in [0.4, 0.5) is 0 Å². The summed E-state index contributed by atoms with van der Waals surface area (Å²) in [5, 5.41) is 7.36. The van der Waals surface area contributed by atoms with Crippen LogP contribution in [0.1, 0.15) is 25.0 Å². The lowest BCUT2D eigenvalue weighted by Gasteiger charge is -2.21. The molecule has 12 rings (SSSR count). The molecule has 1 aliphatic rings. The van der Waals surface area contributed by atoms with E-state index >= 15 is 0 Å². The molecule has 3 aromatic heterocycles. The van der Waals surface area contributed by atoms with Gasteiger partial charge in [-0.15, -0.1) is 11.3 Å². The molecule has 0 saturated carbocycles. The number of para-hydroxylation sites is 2. The maximum Gasteiger partial charge on any atom is 0.164 e. The number of benzene rings is 8. The number of nitrogens with zero attached hydrogens (tertiary/aromatic N) is 4. The van der Waals surface area contributed by atoms with E-state index in [9.17, 15) is 0 Å². The van der Waals surface area contributed by atoms with E-state index in [4.69, 9.17) is 15.0 Å². The third-order valence-electron chi connectivity index (χ3n) is 12.0. The molecule has 0 fully saturated rings. The van der Waals surface area contributed by atoms with Gasteiger partial charge in [-0.1, -0.05) is 147 Å². The Morgan fingerprint density at radius 3 is 1.93 bits per heavy atom. The molecule has 0 amide bonds. The Morgan fingerprint density at radius 1 is 0.439 bits per heavy atom. The van der Waals surface area contributed by atoms with Crippen LogP contribution in [0.15, 0.2) is 170 Å². The molecule has 57 heavy (non-hydrogen) atoms. The summed E-state index contributed by atoms with van der Waals surface area (Å²) in [6, 6.07) is 61.0. The van der Waals surface area contributed by atoms with E-state index in [0.29, 0.717) is 17.5 Å². The fourth-order valence-corrected chi connectivity index (χ4v) is 10.6. The zero-order valence-electron chi connectivity index (χ0n) is 31.4. The first-order valence-electron chi connectivity index (χ1n) is 19.5. The van der Waals surface area contributed by atoms with Crippen molar-refractivity contribution in [1.82, 2.24) is 19.5 Å². The molecule has 0 atom stereocenters. The van der Waals surface area contributed by atoms with Gasteiger partial charge in [-0.3, -0.25) is 0 Å². The van der Waals surface area contributed by atoms with Crippen LogP contribution in [-0.2, 0) is 5.41 Å². The molecule has 0 unspecified atom stereocenters.